The number of hydrogen-bond donors (Lipinski definition) is 0. The Bertz CT molecular complexity index is 815. The van der Waals surface area contributed by atoms with Gasteiger partial charge >= 0.3 is 6.61 Å². The van der Waals surface area contributed by atoms with Gasteiger partial charge < -0.3 is 18.8 Å². The van der Waals surface area contributed by atoms with E-state index in [-0.39, 0.29) is 17.1 Å². The molecule has 0 fully saturated rings. The van der Waals surface area contributed by atoms with Crippen molar-refractivity contribution in [1.29, 1.82) is 0 Å². The molecule has 1 amide bonds. The Morgan fingerprint density at radius 2 is 2.08 bits per heavy atom. The van der Waals surface area contributed by atoms with Crippen molar-refractivity contribution in [3.05, 3.63) is 53.5 Å². The number of amides is 1. The van der Waals surface area contributed by atoms with Crippen molar-refractivity contribution in [1.82, 2.24) is 4.90 Å². The standard InChI is InChI=1S/C19H19F2NO4/c1-12-8-9-22(11-14(12)15-7-4-10-25-15)18(23)13-5-3-6-16(24-2)17(13)26-19(20)21/h3-7,10,19H,8-9,11H2,1-2H3. The summed E-state index contributed by atoms with van der Waals surface area (Å²) in [6.07, 6.45) is 2.25. The second kappa shape index (κ2) is 7.59. The largest absolute Gasteiger partial charge is 0.493 e. The van der Waals surface area contributed by atoms with Crippen LogP contribution in [0.2, 0.25) is 0 Å². The number of hydrogen-bond acceptors (Lipinski definition) is 4. The molecule has 138 valence electrons. The molecule has 1 aliphatic rings. The number of nitrogens with zero attached hydrogens (tertiary/aromatic N) is 1. The highest BCUT2D eigenvalue weighted by atomic mass is 19.3. The zero-order valence-corrected chi connectivity index (χ0v) is 14.5. The minimum atomic E-state index is -3.06. The maximum Gasteiger partial charge on any atom is 0.387 e. The van der Waals surface area contributed by atoms with Crippen LogP contribution in [-0.4, -0.2) is 37.6 Å². The molecular formula is C19H19F2NO4. The van der Waals surface area contributed by atoms with E-state index in [2.05, 4.69) is 4.74 Å². The maximum atomic E-state index is 13.0. The van der Waals surface area contributed by atoms with E-state index in [1.807, 2.05) is 13.0 Å². The lowest BCUT2D eigenvalue weighted by molar-refractivity contribution is -0.0516. The van der Waals surface area contributed by atoms with Crippen LogP contribution < -0.4 is 9.47 Å². The first kappa shape index (κ1) is 18.0. The summed E-state index contributed by atoms with van der Waals surface area (Å²) in [6, 6.07) is 8.13. The molecule has 1 aliphatic heterocycles. The topological polar surface area (TPSA) is 51.9 Å². The van der Waals surface area contributed by atoms with Crippen molar-refractivity contribution >= 4 is 11.5 Å². The first-order chi connectivity index (χ1) is 12.5. The van der Waals surface area contributed by atoms with E-state index < -0.39 is 12.5 Å². The van der Waals surface area contributed by atoms with E-state index >= 15 is 0 Å². The third kappa shape index (κ3) is 3.56. The number of benzene rings is 1. The van der Waals surface area contributed by atoms with E-state index in [0.29, 0.717) is 25.3 Å². The second-order valence-corrected chi connectivity index (χ2v) is 5.93. The Kier molecular flexibility index (Phi) is 5.25. The summed E-state index contributed by atoms with van der Waals surface area (Å²) >= 11 is 0. The van der Waals surface area contributed by atoms with Crippen molar-refractivity contribution in [3.8, 4) is 11.5 Å². The van der Waals surface area contributed by atoms with Crippen molar-refractivity contribution in [2.45, 2.75) is 20.0 Å². The molecule has 0 aliphatic carbocycles. The molecule has 1 aromatic heterocycles. The predicted molar refractivity (Wildman–Crippen MR) is 91.4 cm³/mol. The van der Waals surface area contributed by atoms with Gasteiger partial charge in [0.25, 0.3) is 5.91 Å². The number of carbonyl (C=O) groups excluding carboxylic acids is 1. The minimum Gasteiger partial charge on any atom is -0.493 e. The van der Waals surface area contributed by atoms with Crippen LogP contribution in [0.5, 0.6) is 11.5 Å². The average molecular weight is 363 g/mol. The molecule has 0 N–H and O–H groups in total. The average Bonchev–Trinajstić information content (AvgIpc) is 3.15. The highest BCUT2D eigenvalue weighted by Gasteiger charge is 2.28. The van der Waals surface area contributed by atoms with Crippen LogP contribution >= 0.6 is 0 Å². The van der Waals surface area contributed by atoms with E-state index in [4.69, 9.17) is 9.15 Å². The quantitative estimate of drug-likeness (QED) is 0.799. The van der Waals surface area contributed by atoms with Gasteiger partial charge in [-0.2, -0.15) is 8.78 Å². The maximum absolute atomic E-state index is 13.0. The van der Waals surface area contributed by atoms with Crippen LogP contribution in [0.4, 0.5) is 8.78 Å². The lowest BCUT2D eigenvalue weighted by atomic mass is 9.98. The number of furan rings is 1. The monoisotopic (exact) mass is 363 g/mol. The number of carbonyl (C=O) groups is 1. The van der Waals surface area contributed by atoms with Crippen LogP contribution in [0.15, 0.2) is 46.6 Å². The van der Waals surface area contributed by atoms with Crippen LogP contribution in [0.25, 0.3) is 5.57 Å². The van der Waals surface area contributed by atoms with Crippen molar-refractivity contribution in [3.63, 3.8) is 0 Å². The van der Waals surface area contributed by atoms with E-state index in [9.17, 15) is 13.6 Å². The van der Waals surface area contributed by atoms with Gasteiger partial charge in [-0.15, -0.1) is 0 Å². The molecule has 5 nitrogen and oxygen atoms in total. The van der Waals surface area contributed by atoms with Gasteiger partial charge in [0, 0.05) is 18.7 Å². The summed E-state index contributed by atoms with van der Waals surface area (Å²) in [5, 5.41) is 0. The Hall–Kier alpha value is -2.83. The third-order valence-electron chi connectivity index (χ3n) is 4.36. The summed E-state index contributed by atoms with van der Waals surface area (Å²) < 4.78 is 40.7. The zero-order chi connectivity index (χ0) is 18.7. The van der Waals surface area contributed by atoms with E-state index in [1.54, 1.807) is 23.3 Å². The molecule has 0 unspecified atom stereocenters. The molecular weight excluding hydrogens is 344 g/mol. The van der Waals surface area contributed by atoms with Crippen LogP contribution in [0.1, 0.15) is 29.5 Å². The summed E-state index contributed by atoms with van der Waals surface area (Å²) in [7, 11) is 1.34. The molecule has 0 bridgehead atoms. The Morgan fingerprint density at radius 1 is 1.27 bits per heavy atom. The first-order valence-corrected chi connectivity index (χ1v) is 8.15. The van der Waals surface area contributed by atoms with Gasteiger partial charge in [0.2, 0.25) is 0 Å². The molecule has 2 heterocycles. The van der Waals surface area contributed by atoms with E-state index in [0.717, 1.165) is 11.1 Å². The molecule has 0 spiro atoms. The summed E-state index contributed by atoms with van der Waals surface area (Å²) in [5.74, 6) is 0.151. The van der Waals surface area contributed by atoms with Gasteiger partial charge in [-0.25, -0.2) is 0 Å². The number of halogens is 2. The van der Waals surface area contributed by atoms with Gasteiger partial charge in [0.1, 0.15) is 5.76 Å². The minimum absolute atomic E-state index is 0.0444. The van der Waals surface area contributed by atoms with Gasteiger partial charge in [-0.3, -0.25) is 4.79 Å². The van der Waals surface area contributed by atoms with Crippen LogP contribution in [-0.2, 0) is 0 Å². The Labute approximate surface area is 149 Å². The molecule has 1 aromatic carbocycles. The number of methoxy groups -OCH3 is 1. The number of ether oxygens (including phenoxy) is 2. The summed E-state index contributed by atoms with van der Waals surface area (Å²) in [4.78, 5) is 14.6. The SMILES string of the molecule is COc1cccc(C(=O)N2CCC(C)=C(c3ccco3)C2)c1OC(F)F. The van der Waals surface area contributed by atoms with Gasteiger partial charge in [-0.1, -0.05) is 11.6 Å². The fraction of sp³-hybridized carbons (Fsp3) is 0.316. The molecule has 2 aromatic rings. The molecule has 0 saturated carbocycles. The van der Waals surface area contributed by atoms with Gasteiger partial charge in [0.05, 0.1) is 18.9 Å². The zero-order valence-electron chi connectivity index (χ0n) is 14.5. The molecule has 7 heteroatoms. The van der Waals surface area contributed by atoms with Crippen molar-refractivity contribution in [2.75, 3.05) is 20.2 Å². The normalized spacial score (nSPS) is 14.7. The first-order valence-electron chi connectivity index (χ1n) is 8.15. The van der Waals surface area contributed by atoms with Gasteiger partial charge in [-0.05, 0) is 37.6 Å². The number of para-hydroxylation sites is 1. The molecule has 0 saturated heterocycles. The lowest BCUT2D eigenvalue weighted by Gasteiger charge is -2.30. The lowest BCUT2D eigenvalue weighted by Crippen LogP contribution is -2.36. The smallest absolute Gasteiger partial charge is 0.387 e. The fourth-order valence-corrected chi connectivity index (χ4v) is 3.00. The van der Waals surface area contributed by atoms with Crippen LogP contribution in [0.3, 0.4) is 0 Å². The molecule has 0 atom stereocenters. The summed E-state index contributed by atoms with van der Waals surface area (Å²) in [5.41, 5.74) is 2.11. The summed E-state index contributed by atoms with van der Waals surface area (Å²) in [6.45, 7) is -0.236. The molecule has 26 heavy (non-hydrogen) atoms. The third-order valence-corrected chi connectivity index (χ3v) is 4.36. The van der Waals surface area contributed by atoms with Gasteiger partial charge in [0.15, 0.2) is 11.5 Å². The molecule has 3 rings (SSSR count). The number of rotatable bonds is 5. The second-order valence-electron chi connectivity index (χ2n) is 5.93. The van der Waals surface area contributed by atoms with E-state index in [1.165, 1.54) is 19.2 Å². The highest BCUT2D eigenvalue weighted by Crippen LogP contribution is 2.35. The highest BCUT2D eigenvalue weighted by molar-refractivity contribution is 5.98. The molecule has 0 radical (unpaired) electrons. The Balaban J connectivity index is 1.91. The number of alkyl halides is 2. The van der Waals surface area contributed by atoms with Crippen molar-refractivity contribution < 1.29 is 27.5 Å². The van der Waals surface area contributed by atoms with Crippen molar-refractivity contribution in [2.24, 2.45) is 0 Å². The fourth-order valence-electron chi connectivity index (χ4n) is 3.00. The Morgan fingerprint density at radius 3 is 2.73 bits per heavy atom. The predicted octanol–water partition coefficient (Wildman–Crippen LogP) is 4.21. The van der Waals surface area contributed by atoms with Crippen LogP contribution in [0, 0.1) is 0 Å².